The average Bonchev–Trinajstić information content (AvgIpc) is 3.03. The number of nitrogens with zero attached hydrogens (tertiary/aromatic N) is 1. The zero-order chi connectivity index (χ0) is 21.8. The lowest BCUT2D eigenvalue weighted by Crippen LogP contribution is -2.33. The predicted molar refractivity (Wildman–Crippen MR) is 121 cm³/mol. The van der Waals surface area contributed by atoms with E-state index < -0.39 is 0 Å². The smallest absolute Gasteiger partial charge is 0.230 e. The summed E-state index contributed by atoms with van der Waals surface area (Å²) in [7, 11) is 1.63. The molecule has 2 N–H and O–H groups in total. The van der Waals surface area contributed by atoms with E-state index in [1.807, 2.05) is 36.4 Å². The molecule has 0 unspecified atom stereocenters. The molecule has 31 heavy (non-hydrogen) atoms. The molecule has 0 saturated heterocycles. The summed E-state index contributed by atoms with van der Waals surface area (Å²) < 4.78 is 16.8. The Morgan fingerprint density at radius 1 is 1.19 bits per heavy atom. The molecule has 0 radical (unpaired) electrons. The van der Waals surface area contributed by atoms with Gasteiger partial charge in [-0.25, -0.2) is 4.98 Å². The maximum absolute atomic E-state index is 12.7. The number of rotatable bonds is 7. The van der Waals surface area contributed by atoms with E-state index in [-0.39, 0.29) is 23.6 Å². The van der Waals surface area contributed by atoms with Gasteiger partial charge in [-0.3, -0.25) is 4.79 Å². The Morgan fingerprint density at radius 3 is 2.77 bits per heavy atom. The summed E-state index contributed by atoms with van der Waals surface area (Å²) in [6, 6.07) is 11.4. The first-order chi connectivity index (χ1) is 15.0. The van der Waals surface area contributed by atoms with Gasteiger partial charge in [0.2, 0.25) is 5.91 Å². The minimum Gasteiger partial charge on any atom is -0.497 e. The van der Waals surface area contributed by atoms with Crippen molar-refractivity contribution in [2.24, 2.45) is 5.92 Å². The van der Waals surface area contributed by atoms with Gasteiger partial charge < -0.3 is 24.5 Å². The summed E-state index contributed by atoms with van der Waals surface area (Å²) in [4.78, 5) is 20.5. The zero-order valence-corrected chi connectivity index (χ0v) is 18.8. The number of carbonyl (C=O) groups excluding carboxylic acids is 1. The predicted octanol–water partition coefficient (Wildman–Crippen LogP) is 4.34. The zero-order valence-electron chi connectivity index (χ0n) is 17.9. The molecule has 0 aliphatic carbocycles. The highest BCUT2D eigenvalue weighted by atomic mass is 32.2. The number of H-pyrrole nitrogens is 1. The van der Waals surface area contributed by atoms with Gasteiger partial charge in [-0.05, 0) is 35.7 Å². The highest BCUT2D eigenvalue weighted by Crippen LogP contribution is 2.34. The third-order valence-corrected chi connectivity index (χ3v) is 5.99. The van der Waals surface area contributed by atoms with E-state index in [1.165, 1.54) is 11.8 Å². The van der Waals surface area contributed by atoms with Crippen LogP contribution in [0.3, 0.4) is 0 Å². The van der Waals surface area contributed by atoms with Crippen LogP contribution in [0.1, 0.15) is 31.9 Å². The number of imidazole rings is 1. The molecule has 0 fully saturated rings. The number of amides is 1. The number of nitrogens with one attached hydrogen (secondary N) is 2. The molecule has 0 bridgehead atoms. The Morgan fingerprint density at radius 2 is 2.00 bits per heavy atom. The molecule has 164 valence electrons. The number of methoxy groups -OCH3 is 1. The summed E-state index contributed by atoms with van der Waals surface area (Å²) in [5.74, 6) is 2.70. The number of thioether (sulfide) groups is 1. The van der Waals surface area contributed by atoms with E-state index in [2.05, 4.69) is 29.1 Å². The standard InChI is InChI=1S/C23H27N3O4S/c1-14(2)22(15-5-8-19-20(11-15)30-10-4-9-29-19)26-21(27)13-31-23-24-17-7-6-16(28-3)12-18(17)25-23/h5-8,11-12,14,22H,4,9-10,13H2,1-3H3,(H,24,25)(H,26,27)/t22-/m1/s1. The van der Waals surface area contributed by atoms with E-state index in [4.69, 9.17) is 14.2 Å². The number of aromatic nitrogens is 2. The van der Waals surface area contributed by atoms with Crippen LogP contribution in [0.25, 0.3) is 11.0 Å². The minimum atomic E-state index is -0.120. The van der Waals surface area contributed by atoms with Crippen molar-refractivity contribution >= 4 is 28.7 Å². The molecule has 0 saturated carbocycles. The van der Waals surface area contributed by atoms with Crippen LogP contribution >= 0.6 is 11.8 Å². The van der Waals surface area contributed by atoms with Crippen molar-refractivity contribution in [3.05, 3.63) is 42.0 Å². The molecule has 1 aliphatic rings. The van der Waals surface area contributed by atoms with E-state index >= 15 is 0 Å². The Bertz CT molecular complexity index is 1070. The first-order valence-electron chi connectivity index (χ1n) is 10.4. The monoisotopic (exact) mass is 441 g/mol. The number of benzene rings is 2. The van der Waals surface area contributed by atoms with Crippen molar-refractivity contribution in [3.8, 4) is 17.2 Å². The van der Waals surface area contributed by atoms with Crippen molar-refractivity contribution in [1.29, 1.82) is 0 Å². The number of hydrogen-bond acceptors (Lipinski definition) is 6. The van der Waals surface area contributed by atoms with Crippen LogP contribution in [-0.4, -0.2) is 42.0 Å². The van der Waals surface area contributed by atoms with Gasteiger partial charge in [0.25, 0.3) is 0 Å². The fourth-order valence-corrected chi connectivity index (χ4v) is 4.21. The molecule has 1 aliphatic heterocycles. The van der Waals surface area contributed by atoms with E-state index in [0.717, 1.165) is 40.3 Å². The van der Waals surface area contributed by atoms with Gasteiger partial charge in [0.05, 0.1) is 43.2 Å². The van der Waals surface area contributed by atoms with Crippen LogP contribution < -0.4 is 19.5 Å². The van der Waals surface area contributed by atoms with Gasteiger partial charge in [-0.2, -0.15) is 0 Å². The lowest BCUT2D eigenvalue weighted by Gasteiger charge is -2.23. The lowest BCUT2D eigenvalue weighted by atomic mass is 9.95. The first kappa shape index (κ1) is 21.4. The van der Waals surface area contributed by atoms with Crippen LogP contribution in [0.15, 0.2) is 41.6 Å². The first-order valence-corrected chi connectivity index (χ1v) is 11.4. The molecule has 1 amide bonds. The second-order valence-corrected chi connectivity index (χ2v) is 8.72. The normalized spacial score (nSPS) is 14.3. The summed E-state index contributed by atoms with van der Waals surface area (Å²) in [6.07, 6.45) is 0.861. The Kier molecular flexibility index (Phi) is 6.56. The van der Waals surface area contributed by atoms with Crippen molar-refractivity contribution in [1.82, 2.24) is 15.3 Å². The average molecular weight is 442 g/mol. The molecule has 1 aromatic heterocycles. The topological polar surface area (TPSA) is 85.5 Å². The summed E-state index contributed by atoms with van der Waals surface area (Å²) in [5.41, 5.74) is 2.74. The second-order valence-electron chi connectivity index (χ2n) is 7.76. The third kappa shape index (κ3) is 5.07. The van der Waals surface area contributed by atoms with Crippen molar-refractivity contribution in [3.63, 3.8) is 0 Å². The van der Waals surface area contributed by atoms with Crippen molar-refractivity contribution < 1.29 is 19.0 Å². The van der Waals surface area contributed by atoms with Crippen LogP contribution in [0.4, 0.5) is 0 Å². The van der Waals surface area contributed by atoms with Crippen molar-refractivity contribution in [2.75, 3.05) is 26.1 Å². The maximum Gasteiger partial charge on any atom is 0.230 e. The number of aromatic amines is 1. The minimum absolute atomic E-state index is 0.0474. The molecule has 4 rings (SSSR count). The summed E-state index contributed by atoms with van der Waals surface area (Å²) >= 11 is 1.38. The quantitative estimate of drug-likeness (QED) is 0.531. The SMILES string of the molecule is COc1ccc2nc(SCC(=O)N[C@@H](c3ccc4c(c3)OCCCO4)C(C)C)[nH]c2c1. The molecule has 3 aromatic rings. The van der Waals surface area contributed by atoms with Crippen LogP contribution in [0.2, 0.25) is 0 Å². The molecule has 2 heterocycles. The lowest BCUT2D eigenvalue weighted by molar-refractivity contribution is -0.119. The second kappa shape index (κ2) is 9.51. The van der Waals surface area contributed by atoms with Gasteiger partial charge in [0.1, 0.15) is 5.75 Å². The molecule has 1 atom stereocenters. The molecule has 2 aromatic carbocycles. The molecular weight excluding hydrogens is 414 g/mol. The number of hydrogen-bond donors (Lipinski definition) is 2. The van der Waals surface area contributed by atoms with Gasteiger partial charge in [0, 0.05) is 12.5 Å². The van der Waals surface area contributed by atoms with Crippen LogP contribution in [0.5, 0.6) is 17.2 Å². The van der Waals surface area contributed by atoms with E-state index in [0.29, 0.717) is 18.4 Å². The van der Waals surface area contributed by atoms with E-state index in [9.17, 15) is 4.79 Å². The number of fused-ring (bicyclic) bond motifs is 2. The number of ether oxygens (including phenoxy) is 3. The van der Waals surface area contributed by atoms with Crippen LogP contribution in [0, 0.1) is 5.92 Å². The van der Waals surface area contributed by atoms with Crippen LogP contribution in [-0.2, 0) is 4.79 Å². The Hall–Kier alpha value is -2.87. The number of carbonyl (C=O) groups is 1. The Labute approximate surface area is 185 Å². The van der Waals surface area contributed by atoms with Gasteiger partial charge >= 0.3 is 0 Å². The van der Waals surface area contributed by atoms with Gasteiger partial charge in [0.15, 0.2) is 16.7 Å². The maximum atomic E-state index is 12.7. The summed E-state index contributed by atoms with van der Waals surface area (Å²) in [6.45, 7) is 5.47. The highest BCUT2D eigenvalue weighted by molar-refractivity contribution is 7.99. The van der Waals surface area contributed by atoms with Gasteiger partial charge in [-0.1, -0.05) is 31.7 Å². The molecular formula is C23H27N3O4S. The van der Waals surface area contributed by atoms with Gasteiger partial charge in [-0.15, -0.1) is 0 Å². The molecule has 0 spiro atoms. The fraction of sp³-hybridized carbons (Fsp3) is 0.391. The molecule has 8 heteroatoms. The highest BCUT2D eigenvalue weighted by Gasteiger charge is 2.21. The third-order valence-electron chi connectivity index (χ3n) is 5.12. The fourth-order valence-electron chi connectivity index (χ4n) is 3.52. The largest absolute Gasteiger partial charge is 0.497 e. The Balaban J connectivity index is 1.41. The summed E-state index contributed by atoms with van der Waals surface area (Å²) in [5, 5.41) is 3.86. The molecule has 7 nitrogen and oxygen atoms in total. The van der Waals surface area contributed by atoms with E-state index in [1.54, 1.807) is 7.11 Å². The van der Waals surface area contributed by atoms with Crippen molar-refractivity contribution in [2.45, 2.75) is 31.5 Å².